The Morgan fingerprint density at radius 2 is 2.16 bits per heavy atom. The van der Waals surface area contributed by atoms with Gasteiger partial charge in [0.2, 0.25) is 11.8 Å². The number of nitrogens with one attached hydrogen (secondary N) is 1. The number of aryl methyl sites for hydroxylation is 1. The predicted molar refractivity (Wildman–Crippen MR) is 71.8 cm³/mol. The van der Waals surface area contributed by atoms with Crippen LogP contribution in [-0.2, 0) is 11.3 Å². The third kappa shape index (κ3) is 4.89. The highest BCUT2D eigenvalue weighted by Crippen LogP contribution is 2.18. The van der Waals surface area contributed by atoms with Crippen molar-refractivity contribution in [2.45, 2.75) is 26.3 Å². The van der Waals surface area contributed by atoms with Crippen LogP contribution in [0.15, 0.2) is 4.42 Å². The summed E-state index contributed by atoms with van der Waals surface area (Å²) in [5.41, 5.74) is 0. The van der Waals surface area contributed by atoms with Crippen molar-refractivity contribution in [2.75, 3.05) is 39.9 Å². The van der Waals surface area contributed by atoms with Gasteiger partial charge >= 0.3 is 0 Å². The van der Waals surface area contributed by atoms with Crippen LogP contribution in [0, 0.1) is 12.8 Å². The van der Waals surface area contributed by atoms with Gasteiger partial charge < -0.3 is 14.5 Å². The first-order valence-corrected chi connectivity index (χ1v) is 6.99. The van der Waals surface area contributed by atoms with E-state index in [9.17, 15) is 0 Å². The Kier molecular flexibility index (Phi) is 5.75. The molecule has 0 atom stereocenters. The molecule has 0 aromatic carbocycles. The summed E-state index contributed by atoms with van der Waals surface area (Å²) in [6, 6.07) is 0. The number of rotatable bonds is 7. The summed E-state index contributed by atoms with van der Waals surface area (Å²) >= 11 is 0. The van der Waals surface area contributed by atoms with E-state index in [2.05, 4.69) is 20.4 Å². The number of nitrogens with zero attached hydrogens (tertiary/aromatic N) is 3. The molecule has 1 aromatic rings. The third-order valence-electron chi connectivity index (χ3n) is 3.55. The van der Waals surface area contributed by atoms with Crippen LogP contribution in [0.1, 0.15) is 24.6 Å². The van der Waals surface area contributed by atoms with Gasteiger partial charge in [-0.05, 0) is 38.4 Å². The summed E-state index contributed by atoms with van der Waals surface area (Å²) in [7, 11) is 1.74. The van der Waals surface area contributed by atoms with Crippen LogP contribution in [0.4, 0.5) is 0 Å². The molecule has 1 saturated heterocycles. The monoisotopic (exact) mass is 268 g/mol. The number of methoxy groups -OCH3 is 1. The minimum Gasteiger partial charge on any atom is -0.424 e. The fraction of sp³-hybridized carbons (Fsp3) is 0.846. The lowest BCUT2D eigenvalue weighted by atomic mass is 9.97. The molecular weight excluding hydrogens is 244 g/mol. The van der Waals surface area contributed by atoms with E-state index in [-0.39, 0.29) is 0 Å². The summed E-state index contributed by atoms with van der Waals surface area (Å²) in [6.45, 7) is 7.65. The highest BCUT2D eigenvalue weighted by Gasteiger charge is 2.20. The van der Waals surface area contributed by atoms with Crippen LogP contribution in [-0.4, -0.2) is 55.0 Å². The molecule has 1 aliphatic rings. The zero-order valence-electron chi connectivity index (χ0n) is 11.9. The van der Waals surface area contributed by atoms with Crippen LogP contribution < -0.4 is 5.32 Å². The van der Waals surface area contributed by atoms with Gasteiger partial charge in [-0.25, -0.2) is 0 Å². The maximum absolute atomic E-state index is 5.41. The van der Waals surface area contributed by atoms with E-state index in [0.29, 0.717) is 5.89 Å². The van der Waals surface area contributed by atoms with Crippen molar-refractivity contribution in [3.63, 3.8) is 0 Å². The van der Waals surface area contributed by atoms with E-state index in [4.69, 9.17) is 9.15 Å². The molecule has 19 heavy (non-hydrogen) atoms. The van der Waals surface area contributed by atoms with Gasteiger partial charge in [0, 0.05) is 20.6 Å². The van der Waals surface area contributed by atoms with Gasteiger partial charge in [0.25, 0.3) is 0 Å². The van der Waals surface area contributed by atoms with E-state index in [0.717, 1.165) is 51.1 Å². The van der Waals surface area contributed by atoms with Crippen LogP contribution in [0.2, 0.25) is 0 Å². The first kappa shape index (κ1) is 14.4. The van der Waals surface area contributed by atoms with Crippen molar-refractivity contribution in [1.29, 1.82) is 0 Å². The second kappa shape index (κ2) is 7.57. The van der Waals surface area contributed by atoms with E-state index < -0.39 is 0 Å². The average Bonchev–Trinajstić information content (AvgIpc) is 2.82. The minimum absolute atomic E-state index is 0.646. The van der Waals surface area contributed by atoms with Crippen molar-refractivity contribution >= 4 is 0 Å². The number of hydrogen-bond acceptors (Lipinski definition) is 6. The first-order chi connectivity index (χ1) is 9.28. The molecule has 0 spiro atoms. The zero-order valence-corrected chi connectivity index (χ0v) is 11.9. The molecule has 0 unspecified atom stereocenters. The molecule has 6 nitrogen and oxygen atoms in total. The average molecular weight is 268 g/mol. The highest BCUT2D eigenvalue weighted by molar-refractivity contribution is 4.82. The van der Waals surface area contributed by atoms with Crippen LogP contribution in [0.3, 0.4) is 0 Å². The first-order valence-electron chi connectivity index (χ1n) is 6.99. The van der Waals surface area contributed by atoms with Crippen molar-refractivity contribution in [3.8, 4) is 0 Å². The third-order valence-corrected chi connectivity index (χ3v) is 3.55. The van der Waals surface area contributed by atoms with Gasteiger partial charge in [-0.2, -0.15) is 0 Å². The Morgan fingerprint density at radius 1 is 1.37 bits per heavy atom. The lowest BCUT2D eigenvalue weighted by Crippen LogP contribution is -2.37. The standard InChI is InChI=1S/C13H24N4O2/c1-11-15-16-13(19-11)10-17-6-3-12(4-7-17)9-14-5-8-18-2/h12,14H,3-10H2,1-2H3. The molecular formula is C13H24N4O2. The molecule has 108 valence electrons. The lowest BCUT2D eigenvalue weighted by Gasteiger charge is -2.31. The SMILES string of the molecule is COCCNCC1CCN(Cc2nnc(C)o2)CC1. The molecule has 2 heterocycles. The van der Waals surface area contributed by atoms with Gasteiger partial charge in [-0.1, -0.05) is 0 Å². The van der Waals surface area contributed by atoms with Crippen molar-refractivity contribution in [2.24, 2.45) is 5.92 Å². The van der Waals surface area contributed by atoms with Gasteiger partial charge in [-0.3, -0.25) is 4.90 Å². The van der Waals surface area contributed by atoms with E-state index >= 15 is 0 Å². The predicted octanol–water partition coefficient (Wildman–Crippen LogP) is 0.826. The molecule has 1 N–H and O–H groups in total. The van der Waals surface area contributed by atoms with Crippen molar-refractivity contribution < 1.29 is 9.15 Å². The topological polar surface area (TPSA) is 63.4 Å². The molecule has 0 bridgehead atoms. The van der Waals surface area contributed by atoms with Crippen LogP contribution in [0.5, 0.6) is 0 Å². The van der Waals surface area contributed by atoms with E-state index in [1.807, 2.05) is 6.92 Å². The summed E-state index contributed by atoms with van der Waals surface area (Å²) < 4.78 is 10.4. The molecule has 1 aliphatic heterocycles. The molecule has 0 radical (unpaired) electrons. The fourth-order valence-corrected chi connectivity index (χ4v) is 2.42. The second-order valence-electron chi connectivity index (χ2n) is 5.13. The van der Waals surface area contributed by atoms with Gasteiger partial charge in [0.15, 0.2) is 0 Å². The number of likely N-dealkylation sites (tertiary alicyclic amines) is 1. The summed E-state index contributed by atoms with van der Waals surface area (Å²) in [5, 5.41) is 11.3. The van der Waals surface area contributed by atoms with Crippen molar-refractivity contribution in [1.82, 2.24) is 20.4 Å². The Morgan fingerprint density at radius 3 is 2.79 bits per heavy atom. The fourth-order valence-electron chi connectivity index (χ4n) is 2.42. The zero-order chi connectivity index (χ0) is 13.5. The van der Waals surface area contributed by atoms with E-state index in [1.165, 1.54) is 12.8 Å². The summed E-state index contributed by atoms with van der Waals surface area (Å²) in [4.78, 5) is 2.39. The van der Waals surface area contributed by atoms with Gasteiger partial charge in [0.1, 0.15) is 0 Å². The van der Waals surface area contributed by atoms with Crippen LogP contribution in [0.25, 0.3) is 0 Å². The Bertz CT molecular complexity index is 361. The smallest absolute Gasteiger partial charge is 0.230 e. The molecule has 0 aliphatic carbocycles. The highest BCUT2D eigenvalue weighted by atomic mass is 16.5. The molecule has 2 rings (SSSR count). The Labute approximate surface area is 114 Å². The maximum Gasteiger partial charge on any atom is 0.230 e. The quantitative estimate of drug-likeness (QED) is 0.739. The molecule has 1 aromatic heterocycles. The van der Waals surface area contributed by atoms with Gasteiger partial charge in [-0.15, -0.1) is 10.2 Å². The normalized spacial score (nSPS) is 18.0. The largest absolute Gasteiger partial charge is 0.424 e. The van der Waals surface area contributed by atoms with Crippen molar-refractivity contribution in [3.05, 3.63) is 11.8 Å². The number of hydrogen-bond donors (Lipinski definition) is 1. The number of ether oxygens (including phenoxy) is 1. The Hall–Kier alpha value is -0.980. The maximum atomic E-state index is 5.41. The number of piperidine rings is 1. The van der Waals surface area contributed by atoms with Gasteiger partial charge in [0.05, 0.1) is 13.2 Å². The van der Waals surface area contributed by atoms with E-state index in [1.54, 1.807) is 7.11 Å². The minimum atomic E-state index is 0.646. The van der Waals surface area contributed by atoms with Crippen LogP contribution >= 0.6 is 0 Å². The number of aromatic nitrogens is 2. The summed E-state index contributed by atoms with van der Waals surface area (Å²) in [6.07, 6.45) is 2.46. The molecule has 1 fully saturated rings. The lowest BCUT2D eigenvalue weighted by molar-refractivity contribution is 0.157. The summed E-state index contributed by atoms with van der Waals surface area (Å²) in [5.74, 6) is 2.15. The molecule has 0 saturated carbocycles. The Balaban J connectivity index is 1.62. The molecule has 0 amide bonds. The molecule has 6 heteroatoms. The second-order valence-corrected chi connectivity index (χ2v) is 5.13.